The molecule has 1 saturated carbocycles. The molecular formula is C30H33N5O4. The molecule has 2 amide bonds. The summed E-state index contributed by atoms with van der Waals surface area (Å²) in [4.78, 5) is 29.7. The Hall–Kier alpha value is -4.40. The zero-order chi connectivity index (χ0) is 27.2. The zero-order valence-electron chi connectivity index (χ0n) is 22.2. The molecular weight excluding hydrogens is 494 g/mol. The Morgan fingerprint density at radius 2 is 1.69 bits per heavy atom. The minimum atomic E-state index is -0.880. The number of aromatic nitrogens is 3. The van der Waals surface area contributed by atoms with Crippen LogP contribution in [0.15, 0.2) is 72.8 Å². The highest BCUT2D eigenvalue weighted by Gasteiger charge is 2.34. The van der Waals surface area contributed by atoms with Crippen LogP contribution in [-0.2, 0) is 22.7 Å². The molecule has 9 heteroatoms. The minimum absolute atomic E-state index is 0.0678. The normalized spacial score (nSPS) is 14.2. The number of nitrogens with one attached hydrogen (secondary N) is 1. The van der Waals surface area contributed by atoms with E-state index in [0.717, 1.165) is 36.8 Å². The van der Waals surface area contributed by atoms with Gasteiger partial charge in [-0.15, -0.1) is 5.10 Å². The van der Waals surface area contributed by atoms with E-state index in [1.54, 1.807) is 23.8 Å². The quantitative estimate of drug-likeness (QED) is 0.331. The monoisotopic (exact) mass is 527 g/mol. The van der Waals surface area contributed by atoms with Gasteiger partial charge in [0, 0.05) is 12.6 Å². The molecule has 4 aromatic rings. The van der Waals surface area contributed by atoms with Crippen molar-refractivity contribution in [2.45, 2.75) is 50.9 Å². The second kappa shape index (κ2) is 12.0. The summed E-state index contributed by atoms with van der Waals surface area (Å²) in [6, 6.07) is 21.6. The fourth-order valence-corrected chi connectivity index (χ4v) is 5.18. The third-order valence-electron chi connectivity index (χ3n) is 7.18. The fraction of sp³-hybridized carbons (Fsp3) is 0.333. The van der Waals surface area contributed by atoms with E-state index in [2.05, 4.69) is 15.6 Å². The van der Waals surface area contributed by atoms with E-state index in [1.165, 1.54) is 0 Å². The summed E-state index contributed by atoms with van der Waals surface area (Å²) in [6.45, 7) is 0.129. The predicted octanol–water partition coefficient (Wildman–Crippen LogP) is 4.28. The van der Waals surface area contributed by atoms with Crippen molar-refractivity contribution in [3.8, 4) is 11.5 Å². The number of amides is 2. The van der Waals surface area contributed by atoms with Crippen LogP contribution in [0.2, 0.25) is 0 Å². The van der Waals surface area contributed by atoms with Gasteiger partial charge in [-0.3, -0.25) is 9.59 Å². The Kier molecular flexibility index (Phi) is 8.05. The summed E-state index contributed by atoms with van der Waals surface area (Å²) in [5.74, 6) is 0.815. The van der Waals surface area contributed by atoms with Crippen LogP contribution in [0, 0.1) is 0 Å². The second-order valence-corrected chi connectivity index (χ2v) is 9.78. The molecule has 1 heterocycles. The average Bonchev–Trinajstić information content (AvgIpc) is 3.63. The number of benzene rings is 3. The van der Waals surface area contributed by atoms with Crippen LogP contribution in [0.25, 0.3) is 11.0 Å². The number of ether oxygens (including phenoxy) is 2. The summed E-state index contributed by atoms with van der Waals surface area (Å²) in [6.07, 6.45) is 4.04. The van der Waals surface area contributed by atoms with E-state index in [-0.39, 0.29) is 30.9 Å². The third kappa shape index (κ3) is 6.03. The highest BCUT2D eigenvalue weighted by atomic mass is 16.5. The summed E-state index contributed by atoms with van der Waals surface area (Å²) in [5.41, 5.74) is 2.96. The summed E-state index contributed by atoms with van der Waals surface area (Å²) >= 11 is 0. The number of carbonyl (C=O) groups is 2. The van der Waals surface area contributed by atoms with Gasteiger partial charge < -0.3 is 19.7 Å². The van der Waals surface area contributed by atoms with Crippen LogP contribution in [-0.4, -0.2) is 52.0 Å². The van der Waals surface area contributed by atoms with Gasteiger partial charge in [-0.05, 0) is 60.4 Å². The molecule has 1 atom stereocenters. The second-order valence-electron chi connectivity index (χ2n) is 9.78. The largest absolute Gasteiger partial charge is 0.497 e. The predicted molar refractivity (Wildman–Crippen MR) is 147 cm³/mol. The molecule has 9 nitrogen and oxygen atoms in total. The van der Waals surface area contributed by atoms with E-state index < -0.39 is 6.04 Å². The minimum Gasteiger partial charge on any atom is -0.497 e. The van der Waals surface area contributed by atoms with Crippen LogP contribution in [0.1, 0.15) is 42.9 Å². The first-order chi connectivity index (χ1) is 19.1. The first-order valence-corrected chi connectivity index (χ1v) is 13.2. The van der Waals surface area contributed by atoms with Gasteiger partial charge >= 0.3 is 0 Å². The van der Waals surface area contributed by atoms with Gasteiger partial charge in [0.25, 0.3) is 0 Å². The Balaban J connectivity index is 1.55. The fourth-order valence-electron chi connectivity index (χ4n) is 5.18. The van der Waals surface area contributed by atoms with Crippen molar-refractivity contribution in [3.05, 3.63) is 83.9 Å². The van der Waals surface area contributed by atoms with Gasteiger partial charge in [0.2, 0.25) is 11.8 Å². The molecule has 1 fully saturated rings. The number of hydrogen-bond acceptors (Lipinski definition) is 6. The SMILES string of the molecule is COc1cccc(CN(C(=O)Cn2nnc3ccccc32)[C@@H](C(=O)NC2CCCC2)c2cccc(OC)c2)c1. The smallest absolute Gasteiger partial charge is 0.247 e. The van der Waals surface area contributed by atoms with Crippen molar-refractivity contribution in [1.82, 2.24) is 25.2 Å². The first kappa shape index (κ1) is 26.2. The van der Waals surface area contributed by atoms with E-state index >= 15 is 0 Å². The van der Waals surface area contributed by atoms with Gasteiger partial charge in [0.1, 0.15) is 29.6 Å². The van der Waals surface area contributed by atoms with Crippen molar-refractivity contribution in [2.24, 2.45) is 0 Å². The molecule has 202 valence electrons. The Labute approximate surface area is 227 Å². The number of para-hydroxylation sites is 1. The van der Waals surface area contributed by atoms with E-state index in [4.69, 9.17) is 9.47 Å². The molecule has 1 aliphatic carbocycles. The lowest BCUT2D eigenvalue weighted by molar-refractivity contribution is -0.142. The molecule has 0 unspecified atom stereocenters. The molecule has 0 bridgehead atoms. The van der Waals surface area contributed by atoms with Crippen LogP contribution in [0.4, 0.5) is 0 Å². The number of methoxy groups -OCH3 is 2. The molecule has 0 aliphatic heterocycles. The highest BCUT2D eigenvalue weighted by Crippen LogP contribution is 2.29. The van der Waals surface area contributed by atoms with Gasteiger partial charge in [-0.1, -0.05) is 54.5 Å². The Morgan fingerprint density at radius 1 is 0.974 bits per heavy atom. The summed E-state index contributed by atoms with van der Waals surface area (Å²) < 4.78 is 12.5. The van der Waals surface area contributed by atoms with Crippen LogP contribution in [0.3, 0.4) is 0 Å². The molecule has 3 aromatic carbocycles. The molecule has 0 radical (unpaired) electrons. The lowest BCUT2D eigenvalue weighted by Crippen LogP contribution is -2.46. The summed E-state index contributed by atoms with van der Waals surface area (Å²) in [7, 11) is 3.19. The van der Waals surface area contributed by atoms with Gasteiger partial charge in [0.05, 0.1) is 19.7 Å². The van der Waals surface area contributed by atoms with Crippen LogP contribution < -0.4 is 14.8 Å². The van der Waals surface area contributed by atoms with Crippen molar-refractivity contribution < 1.29 is 19.1 Å². The Morgan fingerprint density at radius 3 is 2.46 bits per heavy atom. The maximum atomic E-state index is 14.1. The first-order valence-electron chi connectivity index (χ1n) is 13.2. The zero-order valence-corrected chi connectivity index (χ0v) is 22.2. The molecule has 1 aliphatic rings. The molecule has 1 N–H and O–H groups in total. The van der Waals surface area contributed by atoms with Crippen molar-refractivity contribution in [1.29, 1.82) is 0 Å². The van der Waals surface area contributed by atoms with Crippen molar-refractivity contribution in [3.63, 3.8) is 0 Å². The van der Waals surface area contributed by atoms with Crippen molar-refractivity contribution >= 4 is 22.8 Å². The standard InChI is InChI=1S/C30H33N5O4/c1-38-24-13-7-9-21(17-24)19-34(28(36)20-35-27-16-6-5-15-26(27)32-33-35)29(22-10-8-14-25(18-22)39-2)30(37)31-23-11-3-4-12-23/h5-10,13-18,23,29H,3-4,11-12,19-20H2,1-2H3,(H,31,37)/t29-/m1/s1. The van der Waals surface area contributed by atoms with Gasteiger partial charge in [-0.2, -0.15) is 0 Å². The maximum Gasteiger partial charge on any atom is 0.247 e. The van der Waals surface area contributed by atoms with Gasteiger partial charge in [-0.25, -0.2) is 4.68 Å². The summed E-state index contributed by atoms with van der Waals surface area (Å²) in [5, 5.41) is 11.6. The molecule has 1 aromatic heterocycles. The lowest BCUT2D eigenvalue weighted by atomic mass is 10.0. The van der Waals surface area contributed by atoms with E-state index in [9.17, 15) is 9.59 Å². The average molecular weight is 528 g/mol. The lowest BCUT2D eigenvalue weighted by Gasteiger charge is -2.32. The van der Waals surface area contributed by atoms with Gasteiger partial charge in [0.15, 0.2) is 0 Å². The number of carbonyl (C=O) groups excluding carboxylic acids is 2. The number of nitrogens with zero attached hydrogens (tertiary/aromatic N) is 4. The highest BCUT2D eigenvalue weighted by molar-refractivity contribution is 5.89. The van der Waals surface area contributed by atoms with E-state index in [1.807, 2.05) is 72.8 Å². The van der Waals surface area contributed by atoms with Crippen molar-refractivity contribution in [2.75, 3.05) is 14.2 Å². The number of fused-ring (bicyclic) bond motifs is 1. The molecule has 39 heavy (non-hydrogen) atoms. The van der Waals surface area contributed by atoms with Crippen LogP contribution >= 0.6 is 0 Å². The number of rotatable bonds is 10. The molecule has 0 saturated heterocycles. The van der Waals surface area contributed by atoms with E-state index in [0.29, 0.717) is 22.6 Å². The third-order valence-corrected chi connectivity index (χ3v) is 7.18. The maximum absolute atomic E-state index is 14.1. The Bertz CT molecular complexity index is 1450. The van der Waals surface area contributed by atoms with Crippen LogP contribution in [0.5, 0.6) is 11.5 Å². The topological polar surface area (TPSA) is 98.6 Å². The molecule has 0 spiro atoms. The molecule has 5 rings (SSSR count). The number of hydrogen-bond donors (Lipinski definition) is 1.